The number of para-hydroxylation sites is 1. The number of rotatable bonds is 8. The first kappa shape index (κ1) is 24.4. The van der Waals surface area contributed by atoms with Crippen LogP contribution in [0.15, 0.2) is 72.3 Å². The van der Waals surface area contributed by atoms with Crippen molar-refractivity contribution in [2.45, 2.75) is 6.92 Å². The van der Waals surface area contributed by atoms with Gasteiger partial charge in [0.1, 0.15) is 11.6 Å². The van der Waals surface area contributed by atoms with Crippen molar-refractivity contribution in [1.82, 2.24) is 0 Å². The van der Waals surface area contributed by atoms with Crippen molar-refractivity contribution in [3.8, 4) is 17.6 Å². The van der Waals surface area contributed by atoms with E-state index in [1.807, 2.05) is 25.1 Å². The monoisotopic (exact) mass is 475 g/mol. The molecule has 0 unspecified atom stereocenters. The molecule has 7 nitrogen and oxygen atoms in total. The molecule has 0 saturated carbocycles. The summed E-state index contributed by atoms with van der Waals surface area (Å²) in [5, 5.41) is 15.2. The molecule has 0 aliphatic heterocycles. The molecule has 0 radical (unpaired) electrons. The van der Waals surface area contributed by atoms with E-state index in [0.29, 0.717) is 33.5 Å². The molecule has 0 fully saturated rings. The number of nitrogens with zero attached hydrogens (tertiary/aromatic N) is 1. The third-order valence-electron chi connectivity index (χ3n) is 4.68. The maximum atomic E-state index is 12.5. The number of carbonyl (C=O) groups excluding carboxylic acids is 2. The first-order chi connectivity index (χ1) is 16.4. The number of amides is 2. The van der Waals surface area contributed by atoms with Gasteiger partial charge in [0.25, 0.3) is 11.8 Å². The van der Waals surface area contributed by atoms with Gasteiger partial charge in [0.15, 0.2) is 18.1 Å². The van der Waals surface area contributed by atoms with Crippen molar-refractivity contribution < 1.29 is 19.1 Å². The Hall–Kier alpha value is -4.28. The van der Waals surface area contributed by atoms with E-state index in [-0.39, 0.29) is 12.2 Å². The van der Waals surface area contributed by atoms with Gasteiger partial charge in [0.05, 0.1) is 17.8 Å². The second-order valence-corrected chi connectivity index (χ2v) is 7.62. The largest absolute Gasteiger partial charge is 0.493 e. The van der Waals surface area contributed by atoms with E-state index in [0.717, 1.165) is 5.56 Å². The van der Waals surface area contributed by atoms with E-state index in [4.69, 9.17) is 21.1 Å². The summed E-state index contributed by atoms with van der Waals surface area (Å²) in [6.07, 6.45) is 1.44. The van der Waals surface area contributed by atoms with Gasteiger partial charge in [-0.1, -0.05) is 47.5 Å². The first-order valence-corrected chi connectivity index (χ1v) is 10.6. The van der Waals surface area contributed by atoms with Crippen LogP contribution in [0.1, 0.15) is 11.1 Å². The summed E-state index contributed by atoms with van der Waals surface area (Å²) in [5.41, 5.74) is 2.62. The number of anilines is 2. The Morgan fingerprint density at radius 2 is 1.76 bits per heavy atom. The molecule has 2 N–H and O–H groups in total. The van der Waals surface area contributed by atoms with E-state index in [1.165, 1.54) is 13.2 Å². The van der Waals surface area contributed by atoms with Crippen molar-refractivity contribution in [2.24, 2.45) is 0 Å². The average Bonchev–Trinajstić information content (AvgIpc) is 2.84. The van der Waals surface area contributed by atoms with Crippen molar-refractivity contribution in [3.05, 3.63) is 88.5 Å². The number of methoxy groups -OCH3 is 1. The van der Waals surface area contributed by atoms with Gasteiger partial charge in [-0.3, -0.25) is 9.59 Å². The van der Waals surface area contributed by atoms with Gasteiger partial charge in [-0.25, -0.2) is 0 Å². The number of benzene rings is 3. The first-order valence-electron chi connectivity index (χ1n) is 10.2. The number of nitrogens with one attached hydrogen (secondary N) is 2. The van der Waals surface area contributed by atoms with Gasteiger partial charge >= 0.3 is 0 Å². The number of halogens is 1. The van der Waals surface area contributed by atoms with Crippen LogP contribution in [0.4, 0.5) is 11.4 Å². The zero-order valence-corrected chi connectivity index (χ0v) is 19.3. The van der Waals surface area contributed by atoms with Gasteiger partial charge < -0.3 is 20.1 Å². The summed E-state index contributed by atoms with van der Waals surface area (Å²) in [7, 11) is 1.45. The highest BCUT2D eigenvalue weighted by Gasteiger charge is 2.13. The molecular formula is C26H22ClN3O4. The van der Waals surface area contributed by atoms with Crippen LogP contribution in [0.3, 0.4) is 0 Å². The van der Waals surface area contributed by atoms with Gasteiger partial charge in [-0.05, 0) is 55.0 Å². The highest BCUT2D eigenvalue weighted by atomic mass is 35.5. The maximum absolute atomic E-state index is 12.5. The van der Waals surface area contributed by atoms with E-state index >= 15 is 0 Å². The third-order valence-corrected chi connectivity index (χ3v) is 5.01. The molecular weight excluding hydrogens is 454 g/mol. The summed E-state index contributed by atoms with van der Waals surface area (Å²) in [6.45, 7) is 1.68. The lowest BCUT2D eigenvalue weighted by Gasteiger charge is -2.12. The zero-order chi connectivity index (χ0) is 24.5. The quantitative estimate of drug-likeness (QED) is 0.343. The Bertz CT molecular complexity index is 1260. The minimum absolute atomic E-state index is 0.0737. The van der Waals surface area contributed by atoms with Crippen LogP contribution in [0.2, 0.25) is 5.02 Å². The van der Waals surface area contributed by atoms with Gasteiger partial charge in [0, 0.05) is 5.69 Å². The van der Waals surface area contributed by atoms with Crippen LogP contribution in [-0.2, 0) is 9.59 Å². The summed E-state index contributed by atoms with van der Waals surface area (Å²) in [4.78, 5) is 24.7. The fraction of sp³-hybridized carbons (Fsp3) is 0.115. The van der Waals surface area contributed by atoms with E-state index in [1.54, 1.807) is 54.6 Å². The van der Waals surface area contributed by atoms with Gasteiger partial charge in [-0.15, -0.1) is 0 Å². The topological polar surface area (TPSA) is 100 Å². The maximum Gasteiger partial charge on any atom is 0.266 e. The number of ether oxygens (including phenoxy) is 2. The van der Waals surface area contributed by atoms with Crippen molar-refractivity contribution in [2.75, 3.05) is 24.4 Å². The fourth-order valence-electron chi connectivity index (χ4n) is 2.94. The summed E-state index contributed by atoms with van der Waals surface area (Å²) < 4.78 is 10.9. The Kier molecular flexibility index (Phi) is 8.27. The minimum atomic E-state index is -0.526. The lowest BCUT2D eigenvalue weighted by atomic mass is 10.1. The fourth-order valence-corrected chi connectivity index (χ4v) is 3.12. The number of nitriles is 1. The van der Waals surface area contributed by atoms with Crippen molar-refractivity contribution >= 4 is 40.9 Å². The second-order valence-electron chi connectivity index (χ2n) is 7.22. The molecule has 8 heteroatoms. The third kappa shape index (κ3) is 6.61. The lowest BCUT2D eigenvalue weighted by Crippen LogP contribution is -2.20. The molecule has 0 bridgehead atoms. The summed E-state index contributed by atoms with van der Waals surface area (Å²) in [6, 6.07) is 20.9. The Labute approximate surface area is 202 Å². The van der Waals surface area contributed by atoms with Crippen LogP contribution >= 0.6 is 11.6 Å². The molecule has 3 aromatic carbocycles. The number of carbonyl (C=O) groups is 2. The predicted molar refractivity (Wildman–Crippen MR) is 132 cm³/mol. The smallest absolute Gasteiger partial charge is 0.266 e. The van der Waals surface area contributed by atoms with Crippen LogP contribution in [0.25, 0.3) is 6.08 Å². The molecule has 0 aliphatic rings. The molecule has 0 spiro atoms. The molecule has 0 aliphatic carbocycles. The molecule has 172 valence electrons. The van der Waals surface area contributed by atoms with Crippen LogP contribution in [-0.4, -0.2) is 25.5 Å². The molecule has 0 saturated heterocycles. The molecule has 0 atom stereocenters. The minimum Gasteiger partial charge on any atom is -0.493 e. The van der Waals surface area contributed by atoms with E-state index < -0.39 is 11.8 Å². The molecule has 34 heavy (non-hydrogen) atoms. The Balaban J connectivity index is 1.68. The van der Waals surface area contributed by atoms with Crippen LogP contribution < -0.4 is 20.1 Å². The van der Waals surface area contributed by atoms with Gasteiger partial charge in [0.2, 0.25) is 0 Å². The Morgan fingerprint density at radius 1 is 1.03 bits per heavy atom. The molecule has 3 rings (SSSR count). The normalized spacial score (nSPS) is 10.7. The van der Waals surface area contributed by atoms with Crippen molar-refractivity contribution in [3.63, 3.8) is 0 Å². The van der Waals surface area contributed by atoms with Crippen LogP contribution in [0.5, 0.6) is 11.5 Å². The van der Waals surface area contributed by atoms with E-state index in [2.05, 4.69) is 10.6 Å². The zero-order valence-electron chi connectivity index (χ0n) is 18.6. The van der Waals surface area contributed by atoms with Gasteiger partial charge in [-0.2, -0.15) is 5.26 Å². The average molecular weight is 476 g/mol. The lowest BCUT2D eigenvalue weighted by molar-refractivity contribution is -0.118. The second kappa shape index (κ2) is 11.5. The molecule has 0 aromatic heterocycles. The van der Waals surface area contributed by atoms with Crippen LogP contribution in [0, 0.1) is 18.3 Å². The molecule has 3 aromatic rings. The SMILES string of the molecule is COc1cc(/C=C(/C#N)C(=O)Nc2ccc(C)cc2)ccc1OCC(=O)Nc1ccccc1Cl. The highest BCUT2D eigenvalue weighted by Crippen LogP contribution is 2.29. The highest BCUT2D eigenvalue weighted by molar-refractivity contribution is 6.33. The number of hydrogen-bond acceptors (Lipinski definition) is 5. The molecule has 0 heterocycles. The number of hydrogen-bond donors (Lipinski definition) is 2. The van der Waals surface area contributed by atoms with E-state index in [9.17, 15) is 14.9 Å². The predicted octanol–water partition coefficient (Wildman–Crippen LogP) is 5.22. The Morgan fingerprint density at radius 3 is 2.44 bits per heavy atom. The summed E-state index contributed by atoms with van der Waals surface area (Å²) in [5.74, 6) is -0.243. The number of aryl methyl sites for hydroxylation is 1. The molecule has 2 amide bonds. The standard InChI is InChI=1S/C26H22ClN3O4/c1-17-7-10-20(11-8-17)29-26(32)19(15-28)13-18-9-12-23(24(14-18)33-2)34-16-25(31)30-22-6-4-3-5-21(22)27/h3-14H,16H2,1-2H3,(H,29,32)(H,30,31)/b19-13-. The summed E-state index contributed by atoms with van der Waals surface area (Å²) >= 11 is 6.05. The van der Waals surface area contributed by atoms with Crippen molar-refractivity contribution in [1.29, 1.82) is 5.26 Å².